The summed E-state index contributed by atoms with van der Waals surface area (Å²) in [7, 11) is 0. The molecule has 1 aromatic rings. The number of pyridine rings is 1. The SMILES string of the molecule is FC(F)(F)c1ccc(C#CC2CC2)c(Cl)n1. The first kappa shape index (κ1) is 11.3. The van der Waals surface area contributed by atoms with Gasteiger partial charge in [0.15, 0.2) is 0 Å². The van der Waals surface area contributed by atoms with Gasteiger partial charge in [-0.3, -0.25) is 0 Å². The molecular weight excluding hydrogens is 239 g/mol. The topological polar surface area (TPSA) is 12.9 Å². The van der Waals surface area contributed by atoms with Crippen LogP contribution in [0.5, 0.6) is 0 Å². The van der Waals surface area contributed by atoms with Crippen molar-refractivity contribution < 1.29 is 13.2 Å². The summed E-state index contributed by atoms with van der Waals surface area (Å²) in [6.45, 7) is 0. The first-order chi connectivity index (χ1) is 7.47. The predicted molar refractivity (Wildman–Crippen MR) is 53.9 cm³/mol. The molecule has 84 valence electrons. The predicted octanol–water partition coefficient (Wildman–Crippen LogP) is 3.52. The van der Waals surface area contributed by atoms with Crippen molar-refractivity contribution >= 4 is 11.6 Å². The lowest BCUT2D eigenvalue weighted by Crippen LogP contribution is -2.08. The third-order valence-corrected chi connectivity index (χ3v) is 2.42. The summed E-state index contributed by atoms with van der Waals surface area (Å²) in [5.74, 6) is 6.03. The molecule has 1 saturated carbocycles. The van der Waals surface area contributed by atoms with E-state index in [0.29, 0.717) is 11.5 Å². The first-order valence-corrected chi connectivity index (χ1v) is 5.10. The lowest BCUT2D eigenvalue weighted by molar-refractivity contribution is -0.141. The lowest BCUT2D eigenvalue weighted by Gasteiger charge is -2.05. The van der Waals surface area contributed by atoms with Crippen LogP contribution >= 0.6 is 11.6 Å². The Bertz CT molecular complexity index is 466. The molecule has 0 aliphatic heterocycles. The Morgan fingerprint density at radius 1 is 1.31 bits per heavy atom. The molecule has 0 aromatic carbocycles. The minimum Gasteiger partial charge on any atom is -0.230 e. The van der Waals surface area contributed by atoms with Gasteiger partial charge in [-0.25, -0.2) is 4.98 Å². The molecule has 0 N–H and O–H groups in total. The number of hydrogen-bond donors (Lipinski definition) is 0. The molecule has 1 fully saturated rings. The van der Waals surface area contributed by atoms with Gasteiger partial charge in [-0.1, -0.05) is 23.4 Å². The van der Waals surface area contributed by atoms with Gasteiger partial charge < -0.3 is 0 Å². The second-order valence-electron chi connectivity index (χ2n) is 3.58. The van der Waals surface area contributed by atoms with Crippen molar-refractivity contribution in [3.63, 3.8) is 0 Å². The second kappa shape index (κ2) is 3.99. The molecule has 1 aliphatic carbocycles. The highest BCUT2D eigenvalue weighted by molar-refractivity contribution is 6.30. The Kier molecular flexibility index (Phi) is 2.81. The van der Waals surface area contributed by atoms with Crippen molar-refractivity contribution in [1.82, 2.24) is 4.98 Å². The van der Waals surface area contributed by atoms with Crippen molar-refractivity contribution in [1.29, 1.82) is 0 Å². The summed E-state index contributed by atoms with van der Waals surface area (Å²) in [5, 5.41) is -0.192. The maximum absolute atomic E-state index is 12.3. The van der Waals surface area contributed by atoms with Gasteiger partial charge in [-0.2, -0.15) is 13.2 Å². The zero-order valence-electron chi connectivity index (χ0n) is 8.11. The number of aromatic nitrogens is 1. The van der Waals surface area contributed by atoms with E-state index in [4.69, 9.17) is 11.6 Å². The van der Waals surface area contributed by atoms with Gasteiger partial charge >= 0.3 is 6.18 Å². The molecule has 0 spiro atoms. The van der Waals surface area contributed by atoms with Gasteiger partial charge in [0, 0.05) is 5.92 Å². The first-order valence-electron chi connectivity index (χ1n) is 4.72. The van der Waals surface area contributed by atoms with Crippen molar-refractivity contribution in [2.75, 3.05) is 0 Å². The standard InChI is InChI=1S/C11H7ClF3N/c12-10-8(4-3-7-1-2-7)5-6-9(16-10)11(13,14)15/h5-7H,1-2H2. The van der Waals surface area contributed by atoms with Crippen molar-refractivity contribution in [3.05, 3.63) is 28.5 Å². The van der Waals surface area contributed by atoms with Crippen LogP contribution in [0, 0.1) is 17.8 Å². The Labute approximate surface area is 95.6 Å². The Balaban J connectivity index is 2.26. The fourth-order valence-corrected chi connectivity index (χ4v) is 1.29. The maximum Gasteiger partial charge on any atom is 0.433 e. The maximum atomic E-state index is 12.3. The Morgan fingerprint density at radius 2 is 2.00 bits per heavy atom. The lowest BCUT2D eigenvalue weighted by atomic mass is 10.2. The van der Waals surface area contributed by atoms with Crippen LogP contribution in [0.15, 0.2) is 12.1 Å². The molecule has 0 bridgehead atoms. The molecular formula is C11H7ClF3N. The summed E-state index contributed by atoms with van der Waals surface area (Å²) < 4.78 is 36.8. The van der Waals surface area contributed by atoms with Gasteiger partial charge in [-0.05, 0) is 25.0 Å². The molecule has 2 rings (SSSR count). The molecule has 0 radical (unpaired) electrons. The van der Waals surface area contributed by atoms with Crippen LogP contribution < -0.4 is 0 Å². The summed E-state index contributed by atoms with van der Waals surface area (Å²) in [6, 6.07) is 2.15. The molecule has 1 aliphatic rings. The highest BCUT2D eigenvalue weighted by Gasteiger charge is 2.32. The third-order valence-electron chi connectivity index (χ3n) is 2.13. The van der Waals surface area contributed by atoms with Crippen LogP contribution in [0.2, 0.25) is 5.15 Å². The van der Waals surface area contributed by atoms with Crippen molar-refractivity contribution in [3.8, 4) is 11.8 Å². The van der Waals surface area contributed by atoms with E-state index in [-0.39, 0.29) is 5.15 Å². The highest BCUT2D eigenvalue weighted by atomic mass is 35.5. The average molecular weight is 246 g/mol. The van der Waals surface area contributed by atoms with Gasteiger partial charge in [-0.15, -0.1) is 0 Å². The van der Waals surface area contributed by atoms with Crippen LogP contribution in [-0.4, -0.2) is 4.98 Å². The Hall–Kier alpha value is -1.21. The van der Waals surface area contributed by atoms with Crippen LogP contribution in [0.4, 0.5) is 13.2 Å². The van der Waals surface area contributed by atoms with Crippen LogP contribution in [0.1, 0.15) is 24.1 Å². The van der Waals surface area contributed by atoms with Gasteiger partial charge in [0.1, 0.15) is 10.8 Å². The molecule has 1 aromatic heterocycles. The van der Waals surface area contributed by atoms with Gasteiger partial charge in [0.2, 0.25) is 0 Å². The minimum atomic E-state index is -4.47. The van der Waals surface area contributed by atoms with Crippen LogP contribution in [-0.2, 0) is 6.18 Å². The zero-order valence-corrected chi connectivity index (χ0v) is 8.86. The van der Waals surface area contributed by atoms with E-state index in [2.05, 4.69) is 16.8 Å². The second-order valence-corrected chi connectivity index (χ2v) is 3.93. The fourth-order valence-electron chi connectivity index (χ4n) is 1.09. The number of hydrogen-bond acceptors (Lipinski definition) is 1. The summed E-state index contributed by atoms with van der Waals surface area (Å²) >= 11 is 5.63. The highest BCUT2D eigenvalue weighted by Crippen LogP contribution is 2.30. The number of nitrogens with zero attached hydrogens (tertiary/aromatic N) is 1. The van der Waals surface area contributed by atoms with Gasteiger partial charge in [0.05, 0.1) is 5.56 Å². The average Bonchev–Trinajstić information content (AvgIpc) is 2.98. The molecule has 0 amide bonds. The van der Waals surface area contributed by atoms with Crippen LogP contribution in [0.3, 0.4) is 0 Å². The summed E-state index contributed by atoms with van der Waals surface area (Å²) in [4.78, 5) is 3.28. The third kappa shape index (κ3) is 2.67. The van der Waals surface area contributed by atoms with E-state index < -0.39 is 11.9 Å². The van der Waals surface area contributed by atoms with Gasteiger partial charge in [0.25, 0.3) is 0 Å². The molecule has 16 heavy (non-hydrogen) atoms. The summed E-state index contributed by atoms with van der Waals surface area (Å²) in [6.07, 6.45) is -2.36. The number of alkyl halides is 3. The van der Waals surface area contributed by atoms with E-state index in [1.807, 2.05) is 0 Å². The van der Waals surface area contributed by atoms with E-state index in [9.17, 15) is 13.2 Å². The zero-order chi connectivity index (χ0) is 11.8. The van der Waals surface area contributed by atoms with Crippen molar-refractivity contribution in [2.45, 2.75) is 19.0 Å². The molecule has 0 saturated heterocycles. The van der Waals surface area contributed by atoms with E-state index in [1.165, 1.54) is 6.07 Å². The fraction of sp³-hybridized carbons (Fsp3) is 0.364. The van der Waals surface area contributed by atoms with E-state index >= 15 is 0 Å². The van der Waals surface area contributed by atoms with E-state index in [0.717, 1.165) is 18.9 Å². The largest absolute Gasteiger partial charge is 0.433 e. The molecule has 1 heterocycles. The normalized spacial score (nSPS) is 15.5. The quantitative estimate of drug-likeness (QED) is 0.503. The van der Waals surface area contributed by atoms with Crippen LogP contribution in [0.25, 0.3) is 0 Å². The minimum absolute atomic E-state index is 0.192. The monoisotopic (exact) mass is 245 g/mol. The molecule has 5 heteroatoms. The number of halogens is 4. The number of rotatable bonds is 0. The molecule has 1 nitrogen and oxygen atoms in total. The van der Waals surface area contributed by atoms with E-state index in [1.54, 1.807) is 0 Å². The molecule has 0 atom stereocenters. The van der Waals surface area contributed by atoms with Crippen molar-refractivity contribution in [2.24, 2.45) is 5.92 Å². The smallest absolute Gasteiger partial charge is 0.230 e. The molecule has 0 unspecified atom stereocenters. The Morgan fingerprint density at radius 3 is 2.50 bits per heavy atom. The summed E-state index contributed by atoms with van der Waals surface area (Å²) in [5.41, 5.74) is -0.643.